The van der Waals surface area contributed by atoms with Crippen molar-refractivity contribution in [2.75, 3.05) is 7.11 Å². The number of halogens is 1. The fraction of sp³-hybridized carbons (Fsp3) is 0.286. The molecule has 54 valence electrons. The summed E-state index contributed by atoms with van der Waals surface area (Å²) in [6.07, 6.45) is 3.50. The maximum atomic E-state index is 5.07. The number of aromatic nitrogens is 1. The van der Waals surface area contributed by atoms with Crippen molar-refractivity contribution in [3.05, 3.63) is 24.0 Å². The van der Waals surface area contributed by atoms with Gasteiger partial charge in [-0.1, -0.05) is 15.9 Å². The number of pyridine rings is 1. The van der Waals surface area contributed by atoms with Crippen LogP contribution in [0.2, 0.25) is 0 Å². The number of methoxy groups -OCH3 is 1. The molecule has 0 saturated heterocycles. The van der Waals surface area contributed by atoms with E-state index in [0.717, 1.165) is 16.6 Å². The van der Waals surface area contributed by atoms with Crippen LogP contribution >= 0.6 is 15.9 Å². The summed E-state index contributed by atoms with van der Waals surface area (Å²) in [6.45, 7) is 0. The van der Waals surface area contributed by atoms with E-state index in [1.54, 1.807) is 19.5 Å². The molecular formula is C7H8BrNO. The van der Waals surface area contributed by atoms with Crippen LogP contribution in [0.15, 0.2) is 18.5 Å². The van der Waals surface area contributed by atoms with Gasteiger partial charge >= 0.3 is 0 Å². The van der Waals surface area contributed by atoms with Crippen LogP contribution in [0.5, 0.6) is 5.75 Å². The Morgan fingerprint density at radius 3 is 3.00 bits per heavy atom. The van der Waals surface area contributed by atoms with E-state index in [2.05, 4.69) is 20.9 Å². The van der Waals surface area contributed by atoms with Gasteiger partial charge in [0.15, 0.2) is 0 Å². The monoisotopic (exact) mass is 201 g/mol. The minimum atomic E-state index is 0.782. The predicted molar refractivity (Wildman–Crippen MR) is 43.4 cm³/mol. The summed E-state index contributed by atoms with van der Waals surface area (Å²) in [7, 11) is 1.65. The first-order chi connectivity index (χ1) is 4.88. The van der Waals surface area contributed by atoms with E-state index in [1.165, 1.54) is 0 Å². The van der Waals surface area contributed by atoms with E-state index in [1.807, 2.05) is 6.07 Å². The van der Waals surface area contributed by atoms with Gasteiger partial charge in [0, 0.05) is 23.3 Å². The van der Waals surface area contributed by atoms with Crippen LogP contribution in [0.1, 0.15) is 5.56 Å². The van der Waals surface area contributed by atoms with E-state index in [9.17, 15) is 0 Å². The molecule has 3 heteroatoms. The van der Waals surface area contributed by atoms with Crippen molar-refractivity contribution in [2.24, 2.45) is 0 Å². The Labute approximate surface area is 68.4 Å². The first-order valence-corrected chi connectivity index (χ1v) is 4.03. The van der Waals surface area contributed by atoms with Gasteiger partial charge in [-0.3, -0.25) is 4.98 Å². The second-order valence-corrected chi connectivity index (χ2v) is 2.38. The number of nitrogens with zero attached hydrogens (tertiary/aromatic N) is 1. The minimum Gasteiger partial charge on any atom is -0.496 e. The highest BCUT2D eigenvalue weighted by Gasteiger charge is 1.97. The summed E-state index contributed by atoms with van der Waals surface area (Å²) >= 11 is 3.33. The highest BCUT2D eigenvalue weighted by atomic mass is 79.9. The molecule has 0 unspecified atom stereocenters. The predicted octanol–water partition coefficient (Wildman–Crippen LogP) is 1.99. The molecule has 2 nitrogen and oxygen atoms in total. The first kappa shape index (κ1) is 7.54. The van der Waals surface area contributed by atoms with Crippen molar-refractivity contribution in [2.45, 2.75) is 5.33 Å². The van der Waals surface area contributed by atoms with E-state index in [4.69, 9.17) is 4.74 Å². The molecule has 10 heavy (non-hydrogen) atoms. The third kappa shape index (κ3) is 1.48. The summed E-state index contributed by atoms with van der Waals surface area (Å²) in [5, 5.41) is 0.782. The molecule has 0 amide bonds. The quantitative estimate of drug-likeness (QED) is 0.684. The molecule has 1 aromatic heterocycles. The van der Waals surface area contributed by atoms with Crippen molar-refractivity contribution in [1.29, 1.82) is 0 Å². The largest absolute Gasteiger partial charge is 0.496 e. The van der Waals surface area contributed by atoms with Gasteiger partial charge in [0.25, 0.3) is 0 Å². The lowest BCUT2D eigenvalue weighted by atomic mass is 10.3. The Hall–Kier alpha value is -0.570. The van der Waals surface area contributed by atoms with Crippen LogP contribution in [0.25, 0.3) is 0 Å². The zero-order chi connectivity index (χ0) is 7.40. The minimum absolute atomic E-state index is 0.782. The average molecular weight is 202 g/mol. The third-order valence-corrected chi connectivity index (χ3v) is 1.83. The highest BCUT2D eigenvalue weighted by molar-refractivity contribution is 9.08. The van der Waals surface area contributed by atoms with Crippen molar-refractivity contribution in [3.63, 3.8) is 0 Å². The summed E-state index contributed by atoms with van der Waals surface area (Å²) in [4.78, 5) is 3.95. The van der Waals surface area contributed by atoms with Crippen LogP contribution in [0.4, 0.5) is 0 Å². The Morgan fingerprint density at radius 1 is 1.70 bits per heavy atom. The molecule has 0 aromatic carbocycles. The Kier molecular flexibility index (Phi) is 2.68. The number of rotatable bonds is 2. The zero-order valence-electron chi connectivity index (χ0n) is 5.67. The molecule has 1 aromatic rings. The summed E-state index contributed by atoms with van der Waals surface area (Å²) in [6, 6.07) is 1.84. The van der Waals surface area contributed by atoms with Gasteiger partial charge in [-0.15, -0.1) is 0 Å². The van der Waals surface area contributed by atoms with Gasteiger partial charge in [-0.2, -0.15) is 0 Å². The topological polar surface area (TPSA) is 22.1 Å². The molecule has 0 spiro atoms. The van der Waals surface area contributed by atoms with Gasteiger partial charge in [-0.05, 0) is 6.07 Å². The smallest absolute Gasteiger partial charge is 0.125 e. The second-order valence-electron chi connectivity index (χ2n) is 1.82. The SMILES string of the molecule is COc1ccncc1CBr. The number of hydrogen-bond donors (Lipinski definition) is 0. The van der Waals surface area contributed by atoms with Crippen LogP contribution in [-0.4, -0.2) is 12.1 Å². The molecule has 0 N–H and O–H groups in total. The van der Waals surface area contributed by atoms with Gasteiger partial charge in [0.05, 0.1) is 7.11 Å². The van der Waals surface area contributed by atoms with Crippen LogP contribution in [0.3, 0.4) is 0 Å². The van der Waals surface area contributed by atoms with Crippen molar-refractivity contribution in [1.82, 2.24) is 4.98 Å². The molecule has 0 atom stereocenters. The molecule has 0 aliphatic carbocycles. The molecular weight excluding hydrogens is 194 g/mol. The standard InChI is InChI=1S/C7H8BrNO/c1-10-7-2-3-9-5-6(7)4-8/h2-3,5H,4H2,1H3. The molecule has 0 saturated carbocycles. The average Bonchev–Trinajstić information content (AvgIpc) is 2.04. The lowest BCUT2D eigenvalue weighted by Gasteiger charge is -2.02. The summed E-state index contributed by atoms with van der Waals surface area (Å²) < 4.78 is 5.07. The number of alkyl halides is 1. The highest BCUT2D eigenvalue weighted by Crippen LogP contribution is 2.17. The zero-order valence-corrected chi connectivity index (χ0v) is 7.26. The molecule has 0 aliphatic rings. The van der Waals surface area contributed by atoms with E-state index in [0.29, 0.717) is 0 Å². The van der Waals surface area contributed by atoms with Gasteiger partial charge < -0.3 is 4.74 Å². The normalized spacial score (nSPS) is 9.40. The lowest BCUT2D eigenvalue weighted by Crippen LogP contribution is -1.88. The Bertz CT molecular complexity index is 192. The van der Waals surface area contributed by atoms with Crippen molar-refractivity contribution < 1.29 is 4.74 Å². The Morgan fingerprint density at radius 2 is 2.50 bits per heavy atom. The maximum absolute atomic E-state index is 5.07. The molecule has 1 rings (SSSR count). The van der Waals surface area contributed by atoms with Gasteiger partial charge in [0.2, 0.25) is 0 Å². The van der Waals surface area contributed by atoms with E-state index in [-0.39, 0.29) is 0 Å². The number of ether oxygens (including phenoxy) is 1. The molecule has 0 aliphatic heterocycles. The van der Waals surface area contributed by atoms with Gasteiger partial charge in [-0.25, -0.2) is 0 Å². The van der Waals surface area contributed by atoms with Crippen molar-refractivity contribution >= 4 is 15.9 Å². The van der Waals surface area contributed by atoms with Crippen LogP contribution in [0, 0.1) is 0 Å². The van der Waals surface area contributed by atoms with Crippen molar-refractivity contribution in [3.8, 4) is 5.75 Å². The first-order valence-electron chi connectivity index (χ1n) is 2.91. The van der Waals surface area contributed by atoms with E-state index < -0.39 is 0 Å². The second kappa shape index (κ2) is 3.56. The van der Waals surface area contributed by atoms with E-state index >= 15 is 0 Å². The Balaban J connectivity index is 2.96. The maximum Gasteiger partial charge on any atom is 0.125 e. The summed E-state index contributed by atoms with van der Waals surface area (Å²) in [5.41, 5.74) is 1.07. The lowest BCUT2D eigenvalue weighted by molar-refractivity contribution is 0.411. The third-order valence-electron chi connectivity index (χ3n) is 1.22. The van der Waals surface area contributed by atoms with Crippen LogP contribution < -0.4 is 4.74 Å². The fourth-order valence-electron chi connectivity index (χ4n) is 0.714. The van der Waals surface area contributed by atoms with Crippen LogP contribution in [-0.2, 0) is 5.33 Å². The fourth-order valence-corrected chi connectivity index (χ4v) is 1.13. The molecule has 0 radical (unpaired) electrons. The molecule has 0 bridgehead atoms. The molecule has 0 fully saturated rings. The summed E-state index contributed by atoms with van der Waals surface area (Å²) in [5.74, 6) is 0.881. The van der Waals surface area contributed by atoms with Gasteiger partial charge in [0.1, 0.15) is 5.75 Å². The molecule has 1 heterocycles. The number of hydrogen-bond acceptors (Lipinski definition) is 2.